The highest BCUT2D eigenvalue weighted by Crippen LogP contribution is 2.29. The van der Waals surface area contributed by atoms with Crippen molar-refractivity contribution in [1.29, 1.82) is 0 Å². The Morgan fingerprint density at radius 2 is 1.95 bits per heavy atom. The standard InChI is InChI=1S/C16H14N2O2S/c1-10-17-15-11(16(19)20)6-5-8-13(15)18(10)12-7-3-4-9-14(12)21-2/h3-9H,1-2H3,(H,19,20). The maximum absolute atomic E-state index is 11.3. The molecule has 0 bridgehead atoms. The Balaban J connectivity index is 2.36. The minimum Gasteiger partial charge on any atom is -0.478 e. The number of aromatic carboxylic acids is 1. The van der Waals surface area contributed by atoms with Crippen LogP contribution in [0.2, 0.25) is 0 Å². The van der Waals surface area contributed by atoms with Gasteiger partial charge in [-0.25, -0.2) is 9.78 Å². The number of nitrogens with zero attached hydrogens (tertiary/aromatic N) is 2. The second-order valence-electron chi connectivity index (χ2n) is 4.64. The Bertz CT molecular complexity index is 839. The molecule has 0 radical (unpaired) electrons. The van der Waals surface area contributed by atoms with Crippen molar-refractivity contribution in [2.45, 2.75) is 11.8 Å². The third-order valence-corrected chi connectivity index (χ3v) is 4.19. The molecule has 1 aromatic heterocycles. The zero-order valence-corrected chi connectivity index (χ0v) is 12.5. The van der Waals surface area contributed by atoms with Crippen LogP contribution in [0.25, 0.3) is 16.7 Å². The Morgan fingerprint density at radius 3 is 2.67 bits per heavy atom. The molecule has 3 aromatic rings. The summed E-state index contributed by atoms with van der Waals surface area (Å²) in [5.41, 5.74) is 2.59. The summed E-state index contributed by atoms with van der Waals surface area (Å²) in [6.07, 6.45) is 2.02. The Kier molecular flexibility index (Phi) is 3.43. The van der Waals surface area contributed by atoms with Gasteiger partial charge < -0.3 is 5.11 Å². The predicted molar refractivity (Wildman–Crippen MR) is 84.5 cm³/mol. The van der Waals surface area contributed by atoms with Crippen LogP contribution in [0.1, 0.15) is 16.2 Å². The van der Waals surface area contributed by atoms with Gasteiger partial charge in [0.1, 0.15) is 11.3 Å². The number of carboxylic acids is 1. The van der Waals surface area contributed by atoms with E-state index < -0.39 is 5.97 Å². The summed E-state index contributed by atoms with van der Waals surface area (Å²) >= 11 is 1.66. The number of aryl methyl sites for hydroxylation is 1. The molecule has 0 spiro atoms. The summed E-state index contributed by atoms with van der Waals surface area (Å²) in [5, 5.41) is 9.30. The number of carboxylic acid groups (broad SMARTS) is 1. The summed E-state index contributed by atoms with van der Waals surface area (Å²) in [5.74, 6) is -0.177. The first-order valence-electron chi connectivity index (χ1n) is 6.48. The van der Waals surface area contributed by atoms with E-state index in [-0.39, 0.29) is 5.56 Å². The highest BCUT2D eigenvalue weighted by atomic mass is 32.2. The molecule has 1 heterocycles. The number of imidazole rings is 1. The van der Waals surface area contributed by atoms with E-state index in [0.29, 0.717) is 5.52 Å². The maximum atomic E-state index is 11.3. The summed E-state index contributed by atoms with van der Waals surface area (Å²) in [6.45, 7) is 1.89. The van der Waals surface area contributed by atoms with Gasteiger partial charge in [-0.05, 0) is 37.4 Å². The minimum absolute atomic E-state index is 0.232. The quantitative estimate of drug-likeness (QED) is 0.748. The van der Waals surface area contributed by atoms with Gasteiger partial charge in [-0.1, -0.05) is 18.2 Å². The Labute approximate surface area is 126 Å². The fourth-order valence-electron chi connectivity index (χ4n) is 2.51. The van der Waals surface area contributed by atoms with E-state index in [0.717, 1.165) is 21.9 Å². The molecular weight excluding hydrogens is 284 g/mol. The lowest BCUT2D eigenvalue weighted by molar-refractivity contribution is 0.0699. The van der Waals surface area contributed by atoms with Crippen LogP contribution >= 0.6 is 11.8 Å². The second-order valence-corrected chi connectivity index (χ2v) is 5.49. The molecule has 0 atom stereocenters. The number of hydrogen-bond acceptors (Lipinski definition) is 3. The maximum Gasteiger partial charge on any atom is 0.337 e. The van der Waals surface area contributed by atoms with E-state index in [4.69, 9.17) is 0 Å². The first kappa shape index (κ1) is 13.7. The molecule has 3 rings (SSSR count). The largest absolute Gasteiger partial charge is 0.478 e. The van der Waals surface area contributed by atoms with Gasteiger partial charge >= 0.3 is 5.97 Å². The number of carbonyl (C=O) groups is 1. The van der Waals surface area contributed by atoms with E-state index in [9.17, 15) is 9.90 Å². The fraction of sp³-hybridized carbons (Fsp3) is 0.125. The lowest BCUT2D eigenvalue weighted by Crippen LogP contribution is -1.99. The normalized spacial score (nSPS) is 11.0. The van der Waals surface area contributed by atoms with Gasteiger partial charge in [-0.15, -0.1) is 11.8 Å². The zero-order chi connectivity index (χ0) is 15.0. The number of hydrogen-bond donors (Lipinski definition) is 1. The Morgan fingerprint density at radius 1 is 1.19 bits per heavy atom. The summed E-state index contributed by atoms with van der Waals surface area (Å²) < 4.78 is 2.01. The number of para-hydroxylation sites is 2. The molecular formula is C16H14N2O2S. The molecule has 5 heteroatoms. The van der Waals surface area contributed by atoms with Crippen LogP contribution in [0, 0.1) is 6.92 Å². The van der Waals surface area contributed by atoms with Crippen LogP contribution < -0.4 is 0 Å². The van der Waals surface area contributed by atoms with Gasteiger partial charge in [0, 0.05) is 4.90 Å². The van der Waals surface area contributed by atoms with Crippen molar-refractivity contribution < 1.29 is 9.90 Å². The lowest BCUT2D eigenvalue weighted by atomic mass is 10.2. The van der Waals surface area contributed by atoms with E-state index in [1.54, 1.807) is 23.9 Å². The van der Waals surface area contributed by atoms with Crippen LogP contribution in [0.5, 0.6) is 0 Å². The third kappa shape index (κ3) is 2.19. The van der Waals surface area contributed by atoms with Gasteiger partial charge in [0.05, 0.1) is 16.8 Å². The predicted octanol–water partition coefficient (Wildman–Crippen LogP) is 3.75. The number of thioether (sulfide) groups is 1. The first-order valence-corrected chi connectivity index (χ1v) is 7.70. The van der Waals surface area contributed by atoms with Crippen molar-refractivity contribution in [3.63, 3.8) is 0 Å². The molecule has 0 amide bonds. The van der Waals surface area contributed by atoms with Gasteiger partial charge in [0.2, 0.25) is 0 Å². The van der Waals surface area contributed by atoms with Crippen LogP contribution in [-0.4, -0.2) is 26.9 Å². The first-order chi connectivity index (χ1) is 10.1. The average molecular weight is 298 g/mol. The third-order valence-electron chi connectivity index (χ3n) is 3.41. The molecule has 0 aliphatic heterocycles. The van der Waals surface area contributed by atoms with Crippen LogP contribution in [0.4, 0.5) is 0 Å². The number of benzene rings is 2. The molecule has 0 unspecified atom stereocenters. The molecule has 4 nitrogen and oxygen atoms in total. The van der Waals surface area contributed by atoms with Crippen molar-refractivity contribution >= 4 is 28.8 Å². The second kappa shape index (κ2) is 5.26. The molecule has 2 aromatic carbocycles. The van der Waals surface area contributed by atoms with Gasteiger partial charge in [0.25, 0.3) is 0 Å². The van der Waals surface area contributed by atoms with E-state index in [1.807, 2.05) is 48.1 Å². The molecule has 0 aliphatic carbocycles. The SMILES string of the molecule is CSc1ccccc1-n1c(C)nc2c(C(=O)O)cccc21. The molecule has 21 heavy (non-hydrogen) atoms. The molecule has 0 saturated carbocycles. The topological polar surface area (TPSA) is 55.1 Å². The molecule has 0 saturated heterocycles. The highest BCUT2D eigenvalue weighted by Gasteiger charge is 2.17. The van der Waals surface area contributed by atoms with Gasteiger partial charge in [-0.3, -0.25) is 4.57 Å². The van der Waals surface area contributed by atoms with Crippen LogP contribution in [-0.2, 0) is 0 Å². The van der Waals surface area contributed by atoms with Gasteiger partial charge in [-0.2, -0.15) is 0 Å². The number of aromatic nitrogens is 2. The smallest absolute Gasteiger partial charge is 0.337 e. The molecule has 106 valence electrons. The summed E-state index contributed by atoms with van der Waals surface area (Å²) in [6, 6.07) is 13.3. The average Bonchev–Trinajstić information content (AvgIpc) is 2.82. The van der Waals surface area contributed by atoms with Crippen LogP contribution in [0.15, 0.2) is 47.4 Å². The monoisotopic (exact) mass is 298 g/mol. The molecule has 0 aliphatic rings. The molecule has 1 N–H and O–H groups in total. The van der Waals surface area contributed by atoms with Crippen molar-refractivity contribution in [3.05, 3.63) is 53.9 Å². The van der Waals surface area contributed by atoms with Crippen molar-refractivity contribution in [2.24, 2.45) is 0 Å². The van der Waals surface area contributed by atoms with Crippen LogP contribution in [0.3, 0.4) is 0 Å². The number of fused-ring (bicyclic) bond motifs is 1. The summed E-state index contributed by atoms with van der Waals surface area (Å²) in [7, 11) is 0. The zero-order valence-electron chi connectivity index (χ0n) is 11.7. The Hall–Kier alpha value is -2.27. The van der Waals surface area contributed by atoms with Gasteiger partial charge in [0.15, 0.2) is 0 Å². The van der Waals surface area contributed by atoms with Crippen molar-refractivity contribution in [1.82, 2.24) is 9.55 Å². The van der Waals surface area contributed by atoms with E-state index >= 15 is 0 Å². The number of rotatable bonds is 3. The summed E-state index contributed by atoms with van der Waals surface area (Å²) in [4.78, 5) is 16.9. The highest BCUT2D eigenvalue weighted by molar-refractivity contribution is 7.98. The van der Waals surface area contributed by atoms with Crippen molar-refractivity contribution in [2.75, 3.05) is 6.26 Å². The van der Waals surface area contributed by atoms with Crippen molar-refractivity contribution in [3.8, 4) is 5.69 Å². The van der Waals surface area contributed by atoms with E-state index in [2.05, 4.69) is 4.98 Å². The lowest BCUT2D eigenvalue weighted by Gasteiger charge is -2.11. The minimum atomic E-state index is -0.955. The van der Waals surface area contributed by atoms with E-state index in [1.165, 1.54) is 0 Å². The molecule has 0 fully saturated rings. The fourth-order valence-corrected chi connectivity index (χ4v) is 3.09.